The van der Waals surface area contributed by atoms with Gasteiger partial charge in [-0.05, 0) is 26.7 Å². The molecule has 0 aliphatic carbocycles. The molecule has 1 heterocycles. The van der Waals surface area contributed by atoms with Crippen LogP contribution in [0.1, 0.15) is 58.4 Å². The Labute approximate surface area is 164 Å². The highest BCUT2D eigenvalue weighted by Crippen LogP contribution is 2.45. The maximum absolute atomic E-state index is 14.0. The van der Waals surface area contributed by atoms with E-state index in [2.05, 4.69) is 6.92 Å². The minimum atomic E-state index is -4.98. The van der Waals surface area contributed by atoms with Crippen molar-refractivity contribution in [2.24, 2.45) is 0 Å². The van der Waals surface area contributed by atoms with Crippen LogP contribution in [0.2, 0.25) is 0 Å². The smallest absolute Gasteiger partial charge is 0.432 e. The summed E-state index contributed by atoms with van der Waals surface area (Å²) in [7, 11) is 0.871. The number of hydrogen-bond acceptors (Lipinski definition) is 4. The Morgan fingerprint density at radius 2 is 1.79 bits per heavy atom. The van der Waals surface area contributed by atoms with E-state index in [0.717, 1.165) is 32.8 Å². The second-order valence-electron chi connectivity index (χ2n) is 7.68. The van der Waals surface area contributed by atoms with E-state index in [1.165, 1.54) is 24.3 Å². The first-order valence-corrected chi connectivity index (χ1v) is 9.66. The number of methoxy groups -OCH3 is 1. The van der Waals surface area contributed by atoms with Crippen LogP contribution in [-0.2, 0) is 24.6 Å². The van der Waals surface area contributed by atoms with Crippen LogP contribution in [0.15, 0.2) is 30.3 Å². The Hall–Kier alpha value is -1.60. The van der Waals surface area contributed by atoms with Gasteiger partial charge in [0, 0.05) is 12.7 Å². The fourth-order valence-corrected chi connectivity index (χ4v) is 3.47. The fourth-order valence-electron chi connectivity index (χ4n) is 3.47. The molecule has 0 unspecified atom stereocenters. The number of halogens is 3. The van der Waals surface area contributed by atoms with Gasteiger partial charge in [-0.2, -0.15) is 13.2 Å². The summed E-state index contributed by atoms with van der Waals surface area (Å²) in [6.07, 6.45) is -1.98. The number of benzene rings is 1. The van der Waals surface area contributed by atoms with Crippen molar-refractivity contribution in [3.63, 3.8) is 0 Å². The summed E-state index contributed by atoms with van der Waals surface area (Å²) in [5.74, 6) is -1.46. The molecule has 0 amide bonds. The summed E-state index contributed by atoms with van der Waals surface area (Å²) in [4.78, 5) is 12.9. The number of epoxide rings is 1. The number of alkyl halides is 3. The Morgan fingerprint density at radius 3 is 2.25 bits per heavy atom. The zero-order valence-corrected chi connectivity index (χ0v) is 16.8. The van der Waals surface area contributed by atoms with Gasteiger partial charge >= 0.3 is 12.1 Å². The molecule has 2 rings (SSSR count). The van der Waals surface area contributed by atoms with Crippen LogP contribution in [0, 0.1) is 0 Å². The van der Waals surface area contributed by atoms with Crippen molar-refractivity contribution in [1.29, 1.82) is 0 Å². The number of esters is 1. The number of hydrogen-bond donors (Lipinski definition) is 0. The fraction of sp³-hybridized carbons (Fsp3) is 0.667. The van der Waals surface area contributed by atoms with Crippen molar-refractivity contribution in [1.82, 2.24) is 0 Å². The van der Waals surface area contributed by atoms with Crippen molar-refractivity contribution in [3.05, 3.63) is 35.9 Å². The predicted molar refractivity (Wildman–Crippen MR) is 98.8 cm³/mol. The molecule has 0 N–H and O–H groups in total. The number of unbranched alkanes of at least 4 members (excludes halogenated alkanes) is 3. The maximum Gasteiger partial charge on any atom is 0.432 e. The van der Waals surface area contributed by atoms with Gasteiger partial charge in [0.1, 0.15) is 12.2 Å². The number of rotatable bonds is 10. The lowest BCUT2D eigenvalue weighted by Gasteiger charge is -2.33. The third-order valence-corrected chi connectivity index (χ3v) is 5.17. The van der Waals surface area contributed by atoms with Crippen LogP contribution < -0.4 is 0 Å². The topological polar surface area (TPSA) is 48.1 Å². The monoisotopic (exact) mass is 402 g/mol. The molecule has 4 nitrogen and oxygen atoms in total. The normalized spacial score (nSPS) is 21.6. The van der Waals surface area contributed by atoms with Crippen LogP contribution in [0.4, 0.5) is 13.2 Å². The average Bonchev–Trinajstić information content (AvgIpc) is 3.26. The van der Waals surface area contributed by atoms with E-state index in [0.29, 0.717) is 6.42 Å². The first-order chi connectivity index (χ1) is 13.1. The SMILES string of the molecule is CCCCCC[C@H](OC(=O)[C@](OC)(c1ccccc1)C(F)(F)F)[C@@H]1OC1(C)C. The largest absolute Gasteiger partial charge is 0.457 e. The zero-order valence-electron chi connectivity index (χ0n) is 16.8. The van der Waals surface area contributed by atoms with Gasteiger partial charge in [-0.3, -0.25) is 0 Å². The summed E-state index contributed by atoms with van der Waals surface area (Å²) in [6, 6.07) is 6.86. The lowest BCUT2D eigenvalue weighted by Crippen LogP contribution is -2.53. The third-order valence-electron chi connectivity index (χ3n) is 5.17. The van der Waals surface area contributed by atoms with Crippen LogP contribution in [0.3, 0.4) is 0 Å². The second-order valence-corrected chi connectivity index (χ2v) is 7.68. The van der Waals surface area contributed by atoms with Gasteiger partial charge in [0.15, 0.2) is 0 Å². The summed E-state index contributed by atoms with van der Waals surface area (Å²) in [5, 5.41) is 0. The Morgan fingerprint density at radius 1 is 1.18 bits per heavy atom. The zero-order chi connectivity index (χ0) is 21.0. The minimum absolute atomic E-state index is 0.310. The molecule has 1 fully saturated rings. The molecule has 0 aromatic heterocycles. The van der Waals surface area contributed by atoms with Gasteiger partial charge < -0.3 is 14.2 Å². The Balaban J connectivity index is 2.26. The van der Waals surface area contributed by atoms with Crippen molar-refractivity contribution in [3.8, 4) is 0 Å². The van der Waals surface area contributed by atoms with Gasteiger partial charge in [-0.25, -0.2) is 4.79 Å². The third kappa shape index (κ3) is 4.69. The molecular weight excluding hydrogens is 373 g/mol. The summed E-state index contributed by atoms with van der Waals surface area (Å²) >= 11 is 0. The first-order valence-electron chi connectivity index (χ1n) is 9.66. The van der Waals surface area contributed by atoms with Gasteiger partial charge in [0.25, 0.3) is 5.60 Å². The molecule has 7 heteroatoms. The number of carbonyl (C=O) groups excluding carboxylic acids is 1. The molecule has 1 aromatic rings. The highest BCUT2D eigenvalue weighted by atomic mass is 19.4. The molecule has 1 aliphatic heterocycles. The highest BCUT2D eigenvalue weighted by Gasteiger charge is 2.65. The predicted octanol–water partition coefficient (Wildman–Crippen LogP) is 5.15. The molecule has 0 bridgehead atoms. The molecule has 1 saturated heterocycles. The lowest BCUT2D eigenvalue weighted by atomic mass is 9.92. The molecule has 158 valence electrons. The average molecular weight is 402 g/mol. The van der Waals surface area contributed by atoms with Crippen molar-refractivity contribution in [2.45, 2.75) is 82.5 Å². The van der Waals surface area contributed by atoms with Gasteiger partial charge in [0.05, 0.1) is 5.60 Å². The highest BCUT2D eigenvalue weighted by molar-refractivity contribution is 5.83. The number of carbonyl (C=O) groups is 1. The second kappa shape index (κ2) is 8.82. The quantitative estimate of drug-likeness (QED) is 0.308. The number of ether oxygens (including phenoxy) is 3. The van der Waals surface area contributed by atoms with E-state index < -0.39 is 35.6 Å². The van der Waals surface area contributed by atoms with Crippen LogP contribution in [-0.4, -0.2) is 37.1 Å². The molecule has 1 aromatic carbocycles. The van der Waals surface area contributed by atoms with Crippen LogP contribution >= 0.6 is 0 Å². The summed E-state index contributed by atoms with van der Waals surface area (Å²) in [6.45, 7) is 5.73. The molecule has 0 saturated carbocycles. The standard InChI is InChI=1S/C21H29F3O4/c1-5-6-7-11-14-16(17-19(2,3)28-17)27-18(25)20(26-4,21(22,23)24)15-12-9-8-10-13-15/h8-10,12-13,16-17H,5-7,11,14H2,1-4H3/t16-,17-,20+/m0/s1. The van der Waals surface area contributed by atoms with E-state index in [4.69, 9.17) is 14.2 Å². The van der Waals surface area contributed by atoms with Gasteiger partial charge in [-0.15, -0.1) is 0 Å². The molecule has 3 atom stereocenters. The Bertz CT molecular complexity index is 645. The molecule has 0 radical (unpaired) electrons. The van der Waals surface area contributed by atoms with E-state index in [9.17, 15) is 18.0 Å². The lowest BCUT2D eigenvalue weighted by molar-refractivity contribution is -0.278. The van der Waals surface area contributed by atoms with Crippen molar-refractivity contribution >= 4 is 5.97 Å². The van der Waals surface area contributed by atoms with Crippen LogP contribution in [0.5, 0.6) is 0 Å². The van der Waals surface area contributed by atoms with Gasteiger partial charge in [-0.1, -0.05) is 56.5 Å². The first kappa shape index (κ1) is 22.7. The minimum Gasteiger partial charge on any atom is -0.457 e. The van der Waals surface area contributed by atoms with Crippen molar-refractivity contribution in [2.75, 3.05) is 7.11 Å². The maximum atomic E-state index is 14.0. The van der Waals surface area contributed by atoms with Crippen molar-refractivity contribution < 1.29 is 32.2 Å². The van der Waals surface area contributed by atoms with Gasteiger partial charge in [0.2, 0.25) is 0 Å². The van der Waals surface area contributed by atoms with E-state index in [-0.39, 0.29) is 5.56 Å². The molecule has 1 aliphatic rings. The van der Waals surface area contributed by atoms with Crippen LogP contribution in [0.25, 0.3) is 0 Å². The van der Waals surface area contributed by atoms with E-state index in [1.54, 1.807) is 6.07 Å². The summed E-state index contributed by atoms with van der Waals surface area (Å²) < 4.78 is 57.9. The molecular formula is C21H29F3O4. The Kier molecular flexibility index (Phi) is 7.15. The van der Waals surface area contributed by atoms with E-state index >= 15 is 0 Å². The van der Waals surface area contributed by atoms with E-state index in [1.807, 2.05) is 13.8 Å². The molecule has 28 heavy (non-hydrogen) atoms. The molecule has 0 spiro atoms. The summed E-state index contributed by atoms with van der Waals surface area (Å²) in [5.41, 5.74) is -4.00.